The van der Waals surface area contributed by atoms with Crippen LogP contribution in [-0.4, -0.2) is 5.78 Å². The fraction of sp³-hybridized carbons (Fsp3) is 0.182. The molecule has 0 spiro atoms. The SMILES string of the molecule is CC/C=C/C(=O)c1c(F)cccc1F. The molecule has 0 aliphatic heterocycles. The Kier molecular flexibility index (Phi) is 3.51. The minimum Gasteiger partial charge on any atom is -0.289 e. The van der Waals surface area contributed by atoms with E-state index in [1.54, 1.807) is 6.08 Å². The number of hydrogen-bond acceptors (Lipinski definition) is 1. The molecule has 0 unspecified atom stereocenters. The molecule has 1 nitrogen and oxygen atoms in total. The molecule has 0 heterocycles. The summed E-state index contributed by atoms with van der Waals surface area (Å²) in [5.41, 5.74) is -0.489. The van der Waals surface area contributed by atoms with Crippen molar-refractivity contribution in [3.8, 4) is 0 Å². The zero-order chi connectivity index (χ0) is 10.6. The third-order valence-corrected chi connectivity index (χ3v) is 1.71. The molecule has 0 bridgehead atoms. The van der Waals surface area contributed by atoms with Gasteiger partial charge in [-0.1, -0.05) is 19.1 Å². The molecule has 0 saturated heterocycles. The number of carbonyl (C=O) groups excluding carboxylic acids is 1. The summed E-state index contributed by atoms with van der Waals surface area (Å²) in [4.78, 5) is 11.3. The summed E-state index contributed by atoms with van der Waals surface area (Å²) in [6.45, 7) is 1.83. The van der Waals surface area contributed by atoms with Gasteiger partial charge in [-0.25, -0.2) is 8.78 Å². The number of allylic oxidation sites excluding steroid dienone is 2. The summed E-state index contributed by atoms with van der Waals surface area (Å²) >= 11 is 0. The fourth-order valence-corrected chi connectivity index (χ4v) is 1.04. The first-order chi connectivity index (χ1) is 6.66. The maximum absolute atomic E-state index is 13.0. The second kappa shape index (κ2) is 4.65. The predicted molar refractivity (Wildman–Crippen MR) is 50.1 cm³/mol. The lowest BCUT2D eigenvalue weighted by molar-refractivity contribution is 0.103. The average Bonchev–Trinajstić information content (AvgIpc) is 2.14. The van der Waals surface area contributed by atoms with Crippen LogP contribution in [-0.2, 0) is 0 Å². The monoisotopic (exact) mass is 196 g/mol. The standard InChI is InChI=1S/C11H10F2O/c1-2-3-7-10(14)11-8(12)5-4-6-9(11)13/h3-7H,2H2,1H3/b7-3+. The zero-order valence-corrected chi connectivity index (χ0v) is 7.76. The number of benzene rings is 1. The molecule has 1 aromatic rings. The van der Waals surface area contributed by atoms with Gasteiger partial charge in [0.25, 0.3) is 0 Å². The van der Waals surface area contributed by atoms with Crippen LogP contribution in [0.5, 0.6) is 0 Å². The lowest BCUT2D eigenvalue weighted by atomic mass is 10.1. The number of ketones is 1. The van der Waals surface area contributed by atoms with E-state index in [9.17, 15) is 13.6 Å². The summed E-state index contributed by atoms with van der Waals surface area (Å²) in [6.07, 6.45) is 3.40. The number of halogens is 2. The molecule has 0 fully saturated rings. The molecule has 3 heteroatoms. The van der Waals surface area contributed by atoms with Gasteiger partial charge in [0, 0.05) is 0 Å². The van der Waals surface area contributed by atoms with E-state index in [4.69, 9.17) is 0 Å². The minimum absolute atomic E-state index is 0.489. The summed E-state index contributed by atoms with van der Waals surface area (Å²) in [5.74, 6) is -2.28. The minimum atomic E-state index is -0.823. The van der Waals surface area contributed by atoms with Crippen molar-refractivity contribution in [2.45, 2.75) is 13.3 Å². The normalized spacial score (nSPS) is 10.8. The first-order valence-corrected chi connectivity index (χ1v) is 4.31. The van der Waals surface area contributed by atoms with Crippen LogP contribution in [0.25, 0.3) is 0 Å². The van der Waals surface area contributed by atoms with Crippen molar-refractivity contribution in [2.24, 2.45) is 0 Å². The molecular weight excluding hydrogens is 186 g/mol. The Hall–Kier alpha value is -1.51. The van der Waals surface area contributed by atoms with E-state index in [1.807, 2.05) is 6.92 Å². The maximum Gasteiger partial charge on any atom is 0.191 e. The fourth-order valence-electron chi connectivity index (χ4n) is 1.04. The number of carbonyl (C=O) groups is 1. The van der Waals surface area contributed by atoms with Crippen molar-refractivity contribution in [2.75, 3.05) is 0 Å². The van der Waals surface area contributed by atoms with Crippen molar-refractivity contribution in [1.82, 2.24) is 0 Å². The Labute approximate surface area is 81.1 Å². The van der Waals surface area contributed by atoms with Crippen LogP contribution in [0.4, 0.5) is 8.78 Å². The molecule has 0 aromatic heterocycles. The van der Waals surface area contributed by atoms with Gasteiger partial charge in [-0.15, -0.1) is 0 Å². The molecule has 0 N–H and O–H groups in total. The van der Waals surface area contributed by atoms with E-state index in [0.29, 0.717) is 6.42 Å². The molecule has 0 amide bonds. The molecule has 0 saturated carbocycles. The third kappa shape index (κ3) is 2.25. The molecular formula is C11H10F2O. The largest absolute Gasteiger partial charge is 0.289 e. The summed E-state index contributed by atoms with van der Waals surface area (Å²) in [6, 6.07) is 3.36. The van der Waals surface area contributed by atoms with Crippen molar-refractivity contribution >= 4 is 5.78 Å². The molecule has 74 valence electrons. The van der Waals surface area contributed by atoms with Crippen molar-refractivity contribution in [3.05, 3.63) is 47.5 Å². The van der Waals surface area contributed by atoms with Gasteiger partial charge in [-0.3, -0.25) is 4.79 Å². The van der Waals surface area contributed by atoms with Crippen LogP contribution < -0.4 is 0 Å². The van der Waals surface area contributed by atoms with Gasteiger partial charge in [-0.2, -0.15) is 0 Å². The van der Waals surface area contributed by atoms with Crippen LogP contribution in [0.2, 0.25) is 0 Å². The van der Waals surface area contributed by atoms with E-state index in [-0.39, 0.29) is 0 Å². The van der Waals surface area contributed by atoms with Crippen LogP contribution in [0.15, 0.2) is 30.4 Å². The molecule has 0 aliphatic rings. The topological polar surface area (TPSA) is 17.1 Å². The van der Waals surface area contributed by atoms with Gasteiger partial charge < -0.3 is 0 Å². The lowest BCUT2D eigenvalue weighted by Crippen LogP contribution is -2.02. The lowest BCUT2D eigenvalue weighted by Gasteiger charge is -1.99. The van der Waals surface area contributed by atoms with Crippen molar-refractivity contribution in [3.63, 3.8) is 0 Å². The third-order valence-electron chi connectivity index (χ3n) is 1.71. The summed E-state index contributed by atoms with van der Waals surface area (Å²) in [5, 5.41) is 0. The van der Waals surface area contributed by atoms with Crippen LogP contribution in [0.3, 0.4) is 0 Å². The number of hydrogen-bond donors (Lipinski definition) is 0. The maximum atomic E-state index is 13.0. The Bertz CT molecular complexity index is 349. The molecule has 1 rings (SSSR count). The molecule has 0 aliphatic carbocycles. The van der Waals surface area contributed by atoms with Crippen LogP contribution in [0.1, 0.15) is 23.7 Å². The highest BCUT2D eigenvalue weighted by atomic mass is 19.1. The predicted octanol–water partition coefficient (Wildman–Crippen LogP) is 3.11. The zero-order valence-electron chi connectivity index (χ0n) is 7.76. The van der Waals surface area contributed by atoms with Gasteiger partial charge >= 0.3 is 0 Å². The van der Waals surface area contributed by atoms with E-state index in [1.165, 1.54) is 12.1 Å². The molecule has 0 radical (unpaired) electrons. The highest BCUT2D eigenvalue weighted by molar-refractivity contribution is 6.04. The molecule has 1 aromatic carbocycles. The highest BCUT2D eigenvalue weighted by Gasteiger charge is 2.13. The van der Waals surface area contributed by atoms with E-state index < -0.39 is 23.0 Å². The van der Waals surface area contributed by atoms with Gasteiger partial charge in [-0.05, 0) is 24.6 Å². The summed E-state index contributed by atoms with van der Waals surface area (Å²) in [7, 11) is 0. The first kappa shape index (κ1) is 10.6. The van der Waals surface area contributed by atoms with E-state index in [2.05, 4.69) is 0 Å². The molecule has 0 atom stereocenters. The number of rotatable bonds is 3. The van der Waals surface area contributed by atoms with Crippen molar-refractivity contribution < 1.29 is 13.6 Å². The van der Waals surface area contributed by atoms with Gasteiger partial charge in [0.15, 0.2) is 5.78 Å². The van der Waals surface area contributed by atoms with Gasteiger partial charge in [0.2, 0.25) is 0 Å². The van der Waals surface area contributed by atoms with Gasteiger partial charge in [0.1, 0.15) is 11.6 Å². The van der Waals surface area contributed by atoms with E-state index in [0.717, 1.165) is 12.1 Å². The average molecular weight is 196 g/mol. The van der Waals surface area contributed by atoms with E-state index >= 15 is 0 Å². The van der Waals surface area contributed by atoms with Gasteiger partial charge in [0.05, 0.1) is 5.56 Å². The second-order valence-electron chi connectivity index (χ2n) is 2.77. The highest BCUT2D eigenvalue weighted by Crippen LogP contribution is 2.13. The Balaban J connectivity index is 3.06. The van der Waals surface area contributed by atoms with Crippen molar-refractivity contribution in [1.29, 1.82) is 0 Å². The second-order valence-corrected chi connectivity index (χ2v) is 2.77. The van der Waals surface area contributed by atoms with Crippen LogP contribution >= 0.6 is 0 Å². The Morgan fingerprint density at radius 3 is 2.43 bits per heavy atom. The quantitative estimate of drug-likeness (QED) is 0.536. The van der Waals surface area contributed by atoms with Crippen LogP contribution in [0, 0.1) is 11.6 Å². The summed E-state index contributed by atoms with van der Waals surface area (Å²) < 4.78 is 26.1. The Morgan fingerprint density at radius 1 is 1.36 bits per heavy atom. The smallest absolute Gasteiger partial charge is 0.191 e. The Morgan fingerprint density at radius 2 is 1.93 bits per heavy atom. The first-order valence-electron chi connectivity index (χ1n) is 4.31. The molecule has 14 heavy (non-hydrogen) atoms.